The predicted octanol–water partition coefficient (Wildman–Crippen LogP) is 2.48. The number of carbonyl (C=O) groups is 1. The van der Waals surface area contributed by atoms with E-state index in [1.54, 1.807) is 24.9 Å². The quantitative estimate of drug-likeness (QED) is 0.892. The maximum atomic E-state index is 13.4. The van der Waals surface area contributed by atoms with Crippen molar-refractivity contribution in [3.8, 4) is 0 Å². The van der Waals surface area contributed by atoms with Gasteiger partial charge in [-0.15, -0.1) is 0 Å². The van der Waals surface area contributed by atoms with Gasteiger partial charge in [-0.1, -0.05) is 12.8 Å². The predicted molar refractivity (Wildman–Crippen MR) is 73.5 cm³/mol. The zero-order valence-corrected chi connectivity index (χ0v) is 11.5. The van der Waals surface area contributed by atoms with Crippen LogP contribution in [0.1, 0.15) is 41.6 Å². The smallest absolute Gasteiger partial charge is 0.254 e. The molecule has 1 amide bonds. The lowest BCUT2D eigenvalue weighted by atomic mass is 9.89. The number of hydrogen-bond donors (Lipinski definition) is 1. The van der Waals surface area contributed by atoms with E-state index < -0.39 is 0 Å². The molecule has 0 radical (unpaired) electrons. The molecule has 1 saturated carbocycles. The number of hydrogen-bond acceptors (Lipinski definition) is 2. The Morgan fingerprint density at radius 1 is 1.32 bits per heavy atom. The Bertz CT molecular complexity index is 455. The van der Waals surface area contributed by atoms with Gasteiger partial charge in [0.2, 0.25) is 0 Å². The van der Waals surface area contributed by atoms with Crippen molar-refractivity contribution in [1.82, 2.24) is 4.90 Å². The molecule has 0 bridgehead atoms. The van der Waals surface area contributed by atoms with Gasteiger partial charge in [0, 0.05) is 24.7 Å². The summed E-state index contributed by atoms with van der Waals surface area (Å²) in [5.41, 5.74) is 7.24. The summed E-state index contributed by atoms with van der Waals surface area (Å²) in [5, 5.41) is 0. The first-order valence-electron chi connectivity index (χ1n) is 6.79. The molecular formula is C15H21FN2O. The number of aryl methyl sites for hydroxylation is 1. The van der Waals surface area contributed by atoms with Crippen LogP contribution < -0.4 is 5.73 Å². The molecule has 0 heterocycles. The van der Waals surface area contributed by atoms with Crippen LogP contribution in [0.2, 0.25) is 0 Å². The Labute approximate surface area is 113 Å². The third-order valence-electron chi connectivity index (χ3n) is 3.89. The normalized spacial score (nSPS) is 23.2. The minimum absolute atomic E-state index is 0.0253. The molecule has 0 aliphatic heterocycles. The van der Waals surface area contributed by atoms with Crippen LogP contribution in [0.4, 0.5) is 4.39 Å². The molecule has 2 rings (SSSR count). The molecular weight excluding hydrogens is 243 g/mol. The molecule has 0 saturated heterocycles. The summed E-state index contributed by atoms with van der Waals surface area (Å²) < 4.78 is 13.4. The highest BCUT2D eigenvalue weighted by atomic mass is 19.1. The summed E-state index contributed by atoms with van der Waals surface area (Å²) in [7, 11) is 1.76. The van der Waals surface area contributed by atoms with Crippen molar-refractivity contribution in [2.24, 2.45) is 5.73 Å². The summed E-state index contributed by atoms with van der Waals surface area (Å²) in [6.07, 6.45) is 4.10. The third-order valence-corrected chi connectivity index (χ3v) is 3.89. The number of carbonyl (C=O) groups excluding carboxylic acids is 1. The second kappa shape index (κ2) is 5.70. The third kappa shape index (κ3) is 3.13. The summed E-state index contributed by atoms with van der Waals surface area (Å²) >= 11 is 0. The van der Waals surface area contributed by atoms with E-state index in [1.165, 1.54) is 12.1 Å². The Morgan fingerprint density at radius 3 is 2.63 bits per heavy atom. The fraction of sp³-hybridized carbons (Fsp3) is 0.533. The first kappa shape index (κ1) is 14.0. The lowest BCUT2D eigenvalue weighted by molar-refractivity contribution is 0.0671. The van der Waals surface area contributed by atoms with Crippen LogP contribution in [0.15, 0.2) is 18.2 Å². The molecule has 2 unspecified atom stereocenters. The lowest BCUT2D eigenvalue weighted by Crippen LogP contribution is -2.50. The van der Waals surface area contributed by atoms with Gasteiger partial charge < -0.3 is 10.6 Å². The Morgan fingerprint density at radius 2 is 2.00 bits per heavy atom. The maximum Gasteiger partial charge on any atom is 0.254 e. The van der Waals surface area contributed by atoms with Crippen molar-refractivity contribution < 1.29 is 9.18 Å². The fourth-order valence-corrected chi connectivity index (χ4v) is 2.83. The summed E-state index contributed by atoms with van der Waals surface area (Å²) in [6.45, 7) is 1.78. The molecule has 2 atom stereocenters. The average molecular weight is 264 g/mol. The van der Waals surface area contributed by atoms with Crippen LogP contribution in [-0.4, -0.2) is 29.9 Å². The van der Waals surface area contributed by atoms with Crippen molar-refractivity contribution in [3.05, 3.63) is 35.1 Å². The number of likely N-dealkylation sites (N-methyl/N-ethyl adjacent to an activating group) is 1. The number of nitrogens with zero attached hydrogens (tertiary/aromatic N) is 1. The zero-order chi connectivity index (χ0) is 14.0. The van der Waals surface area contributed by atoms with Crippen LogP contribution >= 0.6 is 0 Å². The highest BCUT2D eigenvalue weighted by Crippen LogP contribution is 2.22. The molecule has 2 N–H and O–H groups in total. The highest BCUT2D eigenvalue weighted by Gasteiger charge is 2.28. The van der Waals surface area contributed by atoms with Crippen molar-refractivity contribution in [2.45, 2.75) is 44.7 Å². The fourth-order valence-electron chi connectivity index (χ4n) is 2.83. The largest absolute Gasteiger partial charge is 0.337 e. The number of nitrogens with two attached hydrogens (primary N) is 1. The van der Waals surface area contributed by atoms with E-state index in [-0.39, 0.29) is 23.8 Å². The minimum Gasteiger partial charge on any atom is -0.337 e. The van der Waals surface area contributed by atoms with Crippen LogP contribution in [0, 0.1) is 12.7 Å². The van der Waals surface area contributed by atoms with Crippen molar-refractivity contribution >= 4 is 5.91 Å². The van der Waals surface area contributed by atoms with Gasteiger partial charge in [0.05, 0.1) is 0 Å². The van der Waals surface area contributed by atoms with E-state index in [2.05, 4.69) is 0 Å². The standard InChI is InChI=1S/C15H21FN2O/c1-10-7-11(9-12(16)8-10)15(19)18(2)14-6-4-3-5-13(14)17/h7-9,13-14H,3-6,17H2,1-2H3. The Kier molecular flexibility index (Phi) is 4.20. The van der Waals surface area contributed by atoms with E-state index >= 15 is 0 Å². The molecule has 0 spiro atoms. The number of rotatable bonds is 2. The second-order valence-electron chi connectivity index (χ2n) is 5.45. The first-order valence-corrected chi connectivity index (χ1v) is 6.79. The highest BCUT2D eigenvalue weighted by molar-refractivity contribution is 5.94. The van der Waals surface area contributed by atoms with Gasteiger partial charge in [0.25, 0.3) is 5.91 Å². The van der Waals surface area contributed by atoms with Gasteiger partial charge in [0.15, 0.2) is 0 Å². The van der Waals surface area contributed by atoms with Gasteiger partial charge in [-0.25, -0.2) is 4.39 Å². The molecule has 1 aliphatic rings. The molecule has 4 heteroatoms. The topological polar surface area (TPSA) is 46.3 Å². The van der Waals surface area contributed by atoms with E-state index in [1.807, 2.05) is 0 Å². The number of amides is 1. The molecule has 1 aliphatic carbocycles. The number of halogens is 1. The molecule has 1 aromatic rings. The van der Waals surface area contributed by atoms with Gasteiger partial charge in [0.1, 0.15) is 5.82 Å². The van der Waals surface area contributed by atoms with E-state index in [9.17, 15) is 9.18 Å². The average Bonchev–Trinajstić information content (AvgIpc) is 2.36. The molecule has 104 valence electrons. The molecule has 3 nitrogen and oxygen atoms in total. The first-order chi connectivity index (χ1) is 8.99. The van der Waals surface area contributed by atoms with E-state index in [4.69, 9.17) is 5.73 Å². The SMILES string of the molecule is Cc1cc(F)cc(C(=O)N(C)C2CCCCC2N)c1. The Balaban J connectivity index is 2.18. The maximum absolute atomic E-state index is 13.4. The van der Waals surface area contributed by atoms with Crippen molar-refractivity contribution in [1.29, 1.82) is 0 Å². The molecule has 19 heavy (non-hydrogen) atoms. The molecule has 1 aromatic carbocycles. The van der Waals surface area contributed by atoms with E-state index in [0.29, 0.717) is 5.56 Å². The summed E-state index contributed by atoms with van der Waals surface area (Å²) in [6, 6.07) is 4.52. The number of benzene rings is 1. The van der Waals surface area contributed by atoms with Crippen molar-refractivity contribution in [3.63, 3.8) is 0 Å². The van der Waals surface area contributed by atoms with E-state index in [0.717, 1.165) is 31.2 Å². The van der Waals surface area contributed by atoms with Crippen LogP contribution in [0.25, 0.3) is 0 Å². The minimum atomic E-state index is -0.371. The molecule has 0 aromatic heterocycles. The zero-order valence-electron chi connectivity index (χ0n) is 11.5. The van der Waals surface area contributed by atoms with Gasteiger partial charge >= 0.3 is 0 Å². The summed E-state index contributed by atoms with van der Waals surface area (Å²) in [4.78, 5) is 14.1. The van der Waals surface area contributed by atoms with Gasteiger partial charge in [-0.3, -0.25) is 4.79 Å². The monoisotopic (exact) mass is 264 g/mol. The van der Waals surface area contributed by atoms with Crippen molar-refractivity contribution in [2.75, 3.05) is 7.05 Å². The van der Waals surface area contributed by atoms with Crippen LogP contribution in [0.5, 0.6) is 0 Å². The van der Waals surface area contributed by atoms with Gasteiger partial charge in [-0.2, -0.15) is 0 Å². The second-order valence-corrected chi connectivity index (χ2v) is 5.45. The lowest BCUT2D eigenvalue weighted by Gasteiger charge is -2.36. The molecule has 1 fully saturated rings. The summed E-state index contributed by atoms with van der Waals surface area (Å²) in [5.74, 6) is -0.519. The Hall–Kier alpha value is -1.42. The van der Waals surface area contributed by atoms with Crippen LogP contribution in [-0.2, 0) is 0 Å². The van der Waals surface area contributed by atoms with Crippen LogP contribution in [0.3, 0.4) is 0 Å². The van der Waals surface area contributed by atoms with Gasteiger partial charge in [-0.05, 0) is 43.5 Å².